The van der Waals surface area contributed by atoms with Gasteiger partial charge >= 0.3 is 0 Å². The molecule has 11 rings (SSSR count). The van der Waals surface area contributed by atoms with Gasteiger partial charge in [0.2, 0.25) is 0 Å². The first-order valence-corrected chi connectivity index (χ1v) is 22.3. The van der Waals surface area contributed by atoms with E-state index in [4.69, 9.17) is 0 Å². The highest BCUT2D eigenvalue weighted by molar-refractivity contribution is 5.89. The fourth-order valence-corrected chi connectivity index (χ4v) is 11.0. The Labute approximate surface area is 367 Å². The first kappa shape index (κ1) is 38.1. The zero-order valence-electron chi connectivity index (χ0n) is 36.1. The molecule has 62 heavy (non-hydrogen) atoms. The smallest absolute Gasteiger partial charge is 0.0468 e. The SMILES string of the molecule is CC1(C)c2ccccc2-c2ccc(N(C3=CCCC=C3)c3ccc(-c4ccc(N(C5=CC6C(C=C5)c5ccccc5C6(C)C)c5ccccc5)cc4-c4ccccc4)cc3)cc21. The standard InChI is InChI=1S/C60H52N2/c1-59(2)55-26-16-14-24-50(55)52-36-33-47(39-57(52)59)61(43-20-10-6-11-21-43)45-30-28-42(29-31-45)49-35-32-46(38-54(49)41-18-8-5-9-19-41)62(44-22-12-7-13-23-44)48-34-37-53-51-25-15-17-27-56(51)60(3,4)58(53)40-48/h5,7-10,12-40,53,58H,6,11H2,1-4H3. The number of para-hydroxylation sites is 1. The summed E-state index contributed by atoms with van der Waals surface area (Å²) in [6.07, 6.45) is 16.4. The van der Waals surface area contributed by atoms with Crippen LogP contribution in [0.2, 0.25) is 0 Å². The fraction of sp³-hybridized carbons (Fsp3) is 0.167. The van der Waals surface area contributed by atoms with Crippen molar-refractivity contribution < 1.29 is 0 Å². The Bertz CT molecular complexity index is 2960. The van der Waals surface area contributed by atoms with Gasteiger partial charge in [-0.2, -0.15) is 0 Å². The minimum Gasteiger partial charge on any atom is -0.311 e. The maximum atomic E-state index is 2.54. The van der Waals surface area contributed by atoms with Gasteiger partial charge in [-0.1, -0.05) is 173 Å². The van der Waals surface area contributed by atoms with Crippen molar-refractivity contribution in [3.05, 3.63) is 240 Å². The van der Waals surface area contributed by atoms with Crippen LogP contribution in [-0.4, -0.2) is 0 Å². The van der Waals surface area contributed by atoms with Gasteiger partial charge in [-0.25, -0.2) is 0 Å². The molecule has 2 unspecified atom stereocenters. The number of rotatable bonds is 8. The van der Waals surface area contributed by atoms with Gasteiger partial charge in [0.1, 0.15) is 0 Å². The van der Waals surface area contributed by atoms with Crippen molar-refractivity contribution in [2.75, 3.05) is 9.80 Å². The Balaban J connectivity index is 0.992. The van der Waals surface area contributed by atoms with Crippen LogP contribution in [0.5, 0.6) is 0 Å². The predicted molar refractivity (Wildman–Crippen MR) is 261 cm³/mol. The second kappa shape index (κ2) is 14.9. The largest absolute Gasteiger partial charge is 0.311 e. The Morgan fingerprint density at radius 3 is 1.81 bits per heavy atom. The van der Waals surface area contributed by atoms with Crippen LogP contribution in [0, 0.1) is 5.92 Å². The Hall–Kier alpha value is -6.90. The second-order valence-corrected chi connectivity index (χ2v) is 18.5. The first-order chi connectivity index (χ1) is 30.3. The molecule has 2 atom stereocenters. The highest BCUT2D eigenvalue weighted by atomic mass is 15.2. The molecule has 4 aliphatic carbocycles. The molecule has 0 N–H and O–H groups in total. The third kappa shape index (κ3) is 6.23. The molecule has 0 aromatic heterocycles. The van der Waals surface area contributed by atoms with Gasteiger partial charge in [0, 0.05) is 45.5 Å². The topological polar surface area (TPSA) is 6.48 Å². The summed E-state index contributed by atoms with van der Waals surface area (Å²) in [5.74, 6) is 0.734. The van der Waals surface area contributed by atoms with Gasteiger partial charge in [-0.15, -0.1) is 0 Å². The number of fused-ring (bicyclic) bond motifs is 6. The number of anilines is 4. The Morgan fingerprint density at radius 1 is 0.452 bits per heavy atom. The van der Waals surface area contributed by atoms with Crippen LogP contribution in [0.25, 0.3) is 33.4 Å². The lowest BCUT2D eigenvalue weighted by atomic mass is 9.74. The maximum Gasteiger partial charge on any atom is 0.0468 e. The van der Waals surface area contributed by atoms with Crippen molar-refractivity contribution >= 4 is 22.7 Å². The van der Waals surface area contributed by atoms with E-state index < -0.39 is 0 Å². The van der Waals surface area contributed by atoms with Crippen LogP contribution in [-0.2, 0) is 10.8 Å². The third-order valence-electron chi connectivity index (χ3n) is 14.2. The van der Waals surface area contributed by atoms with E-state index in [-0.39, 0.29) is 10.8 Å². The van der Waals surface area contributed by atoms with E-state index in [1.165, 1.54) is 72.7 Å². The van der Waals surface area contributed by atoms with E-state index in [0.717, 1.165) is 29.9 Å². The molecule has 2 heteroatoms. The van der Waals surface area contributed by atoms with Crippen molar-refractivity contribution in [1.82, 2.24) is 0 Å². The summed E-state index contributed by atoms with van der Waals surface area (Å²) in [6, 6.07) is 63.0. The van der Waals surface area contributed by atoms with E-state index in [1.807, 2.05) is 0 Å². The van der Waals surface area contributed by atoms with Gasteiger partial charge in [-0.05, 0) is 140 Å². The molecular formula is C60H52N2. The van der Waals surface area contributed by atoms with Crippen molar-refractivity contribution in [3.63, 3.8) is 0 Å². The summed E-state index contributed by atoms with van der Waals surface area (Å²) in [5, 5.41) is 0. The molecule has 0 radical (unpaired) electrons. The number of hydrogen-bond donors (Lipinski definition) is 0. The molecule has 0 bridgehead atoms. The molecule has 4 aliphatic rings. The average Bonchev–Trinajstić information content (AvgIpc) is 3.69. The summed E-state index contributed by atoms with van der Waals surface area (Å²) < 4.78 is 0. The van der Waals surface area contributed by atoms with Crippen LogP contribution in [0.1, 0.15) is 68.7 Å². The molecule has 0 saturated heterocycles. The molecule has 0 saturated carbocycles. The van der Waals surface area contributed by atoms with Crippen LogP contribution in [0.3, 0.4) is 0 Å². The molecule has 7 aromatic rings. The summed E-state index contributed by atoms with van der Waals surface area (Å²) in [5.41, 5.74) is 20.2. The molecule has 2 nitrogen and oxygen atoms in total. The highest BCUT2D eigenvalue weighted by Gasteiger charge is 2.45. The van der Waals surface area contributed by atoms with Crippen molar-refractivity contribution in [1.29, 1.82) is 0 Å². The zero-order valence-corrected chi connectivity index (χ0v) is 36.1. The Morgan fingerprint density at radius 2 is 1.05 bits per heavy atom. The lowest BCUT2D eigenvalue weighted by Crippen LogP contribution is -2.28. The number of nitrogens with zero attached hydrogens (tertiary/aromatic N) is 2. The minimum atomic E-state index is -0.0739. The summed E-state index contributed by atoms with van der Waals surface area (Å²) in [6.45, 7) is 9.56. The average molecular weight is 801 g/mol. The van der Waals surface area contributed by atoms with Crippen LogP contribution in [0.4, 0.5) is 22.7 Å². The van der Waals surface area contributed by atoms with Gasteiger partial charge in [-0.3, -0.25) is 0 Å². The molecule has 0 heterocycles. The number of benzene rings is 7. The quantitative estimate of drug-likeness (QED) is 0.151. The van der Waals surface area contributed by atoms with Gasteiger partial charge in [0.05, 0.1) is 0 Å². The monoisotopic (exact) mass is 800 g/mol. The highest BCUT2D eigenvalue weighted by Crippen LogP contribution is 2.55. The van der Waals surface area contributed by atoms with E-state index >= 15 is 0 Å². The fourth-order valence-electron chi connectivity index (χ4n) is 11.0. The maximum absolute atomic E-state index is 2.54. The lowest BCUT2D eigenvalue weighted by Gasteiger charge is -2.35. The summed E-state index contributed by atoms with van der Waals surface area (Å²) >= 11 is 0. The van der Waals surface area contributed by atoms with Crippen molar-refractivity contribution in [2.24, 2.45) is 5.92 Å². The molecule has 7 aromatic carbocycles. The molecule has 0 spiro atoms. The van der Waals surface area contributed by atoms with Crippen LogP contribution >= 0.6 is 0 Å². The summed E-state index contributed by atoms with van der Waals surface area (Å²) in [4.78, 5) is 4.89. The van der Waals surface area contributed by atoms with Crippen LogP contribution in [0.15, 0.2) is 218 Å². The molecule has 0 fully saturated rings. The second-order valence-electron chi connectivity index (χ2n) is 18.5. The lowest BCUT2D eigenvalue weighted by molar-refractivity contribution is 0.392. The zero-order chi connectivity index (χ0) is 42.0. The molecule has 0 aliphatic heterocycles. The summed E-state index contributed by atoms with van der Waals surface area (Å²) in [7, 11) is 0. The number of hydrogen-bond acceptors (Lipinski definition) is 2. The van der Waals surface area contributed by atoms with E-state index in [0.29, 0.717) is 11.8 Å². The minimum absolute atomic E-state index is 0.0211. The van der Waals surface area contributed by atoms with E-state index in [1.54, 1.807) is 0 Å². The normalized spacial score (nSPS) is 18.5. The van der Waals surface area contributed by atoms with Crippen LogP contribution < -0.4 is 9.80 Å². The van der Waals surface area contributed by atoms with E-state index in [9.17, 15) is 0 Å². The Kier molecular flexibility index (Phi) is 9.16. The van der Waals surface area contributed by atoms with Gasteiger partial charge in [0.15, 0.2) is 0 Å². The first-order valence-electron chi connectivity index (χ1n) is 22.3. The van der Waals surface area contributed by atoms with Crippen molar-refractivity contribution in [2.45, 2.75) is 57.3 Å². The molecule has 0 amide bonds. The van der Waals surface area contributed by atoms with Gasteiger partial charge in [0.25, 0.3) is 0 Å². The molecule has 302 valence electrons. The predicted octanol–water partition coefficient (Wildman–Crippen LogP) is 16.0. The van der Waals surface area contributed by atoms with E-state index in [2.05, 4.69) is 244 Å². The van der Waals surface area contributed by atoms with Crippen molar-refractivity contribution in [3.8, 4) is 33.4 Å². The molecular weight excluding hydrogens is 749 g/mol. The number of allylic oxidation sites excluding steroid dienone is 6. The third-order valence-corrected chi connectivity index (χ3v) is 14.2. The van der Waals surface area contributed by atoms with Gasteiger partial charge < -0.3 is 9.80 Å².